The molecule has 2 aromatic heterocycles. The van der Waals surface area contributed by atoms with Crippen molar-refractivity contribution in [1.29, 1.82) is 0 Å². The third-order valence-electron chi connectivity index (χ3n) is 2.69. The van der Waals surface area contributed by atoms with Crippen LogP contribution in [-0.4, -0.2) is 26.7 Å². The number of benzene rings is 1. The second-order valence-corrected chi connectivity index (χ2v) is 4.12. The quantitative estimate of drug-likeness (QED) is 0.676. The van der Waals surface area contributed by atoms with Gasteiger partial charge >= 0.3 is 0 Å². The predicted molar refractivity (Wildman–Crippen MR) is 67.7 cm³/mol. The summed E-state index contributed by atoms with van der Waals surface area (Å²) in [5, 5.41) is 8.18. The van der Waals surface area contributed by atoms with Crippen LogP contribution in [0.5, 0.6) is 5.75 Å². The van der Waals surface area contributed by atoms with E-state index in [1.807, 2.05) is 0 Å². The van der Waals surface area contributed by atoms with Gasteiger partial charge < -0.3 is 4.74 Å². The van der Waals surface area contributed by atoms with Crippen molar-refractivity contribution in [3.63, 3.8) is 0 Å². The first-order valence-electron chi connectivity index (χ1n) is 5.40. The average Bonchev–Trinajstić information content (AvgIpc) is 2.84. The first kappa shape index (κ1) is 11.9. The van der Waals surface area contributed by atoms with Crippen LogP contribution < -0.4 is 4.74 Å². The lowest BCUT2D eigenvalue weighted by molar-refractivity contribution is 0.386. The molecule has 0 saturated heterocycles. The lowest BCUT2D eigenvalue weighted by Crippen LogP contribution is -1.95. The van der Waals surface area contributed by atoms with Crippen LogP contribution in [0.4, 0.5) is 4.39 Å². The van der Waals surface area contributed by atoms with Gasteiger partial charge in [-0.25, -0.2) is 13.8 Å². The van der Waals surface area contributed by atoms with Gasteiger partial charge in [-0.3, -0.25) is 0 Å². The monoisotopic (exact) mass is 278 g/mol. The fourth-order valence-corrected chi connectivity index (χ4v) is 2.02. The van der Waals surface area contributed by atoms with Crippen LogP contribution in [0.25, 0.3) is 17.0 Å². The Morgan fingerprint density at radius 1 is 1.26 bits per heavy atom. The Morgan fingerprint density at radius 2 is 2.11 bits per heavy atom. The normalized spacial score (nSPS) is 10.9. The molecule has 0 atom stereocenters. The second-order valence-electron chi connectivity index (χ2n) is 3.78. The van der Waals surface area contributed by atoms with Crippen molar-refractivity contribution in [1.82, 2.24) is 19.6 Å². The number of nitrogens with zero attached hydrogens (tertiary/aromatic N) is 4. The highest BCUT2D eigenvalue weighted by molar-refractivity contribution is 6.28. The molecule has 0 aliphatic carbocycles. The van der Waals surface area contributed by atoms with Crippen LogP contribution in [0.3, 0.4) is 0 Å². The van der Waals surface area contributed by atoms with Gasteiger partial charge in [0.05, 0.1) is 7.11 Å². The summed E-state index contributed by atoms with van der Waals surface area (Å²) in [7, 11) is 1.41. The van der Waals surface area contributed by atoms with E-state index >= 15 is 0 Å². The molecule has 0 N–H and O–H groups in total. The molecule has 1 aromatic carbocycles. The fourth-order valence-electron chi connectivity index (χ4n) is 1.80. The zero-order valence-electron chi connectivity index (χ0n) is 9.84. The predicted octanol–water partition coefficient (Wildman–Crippen LogP) is 2.59. The Morgan fingerprint density at radius 3 is 2.84 bits per heavy atom. The number of methoxy groups -OCH3 is 1. The van der Waals surface area contributed by atoms with Crippen molar-refractivity contribution in [3.8, 4) is 17.1 Å². The first-order valence-corrected chi connectivity index (χ1v) is 5.78. The standard InChI is InChI=1S/C12H8ClFN4O/c1-19-9-3-2-7(6-8(9)14)11-17-16-10-4-5-15-12(13)18(10)11/h2-6H,1H3. The zero-order chi connectivity index (χ0) is 13.4. The number of aromatic nitrogens is 4. The summed E-state index contributed by atoms with van der Waals surface area (Å²) in [6, 6.07) is 6.19. The maximum absolute atomic E-state index is 13.7. The van der Waals surface area contributed by atoms with E-state index in [2.05, 4.69) is 15.2 Å². The van der Waals surface area contributed by atoms with E-state index in [1.54, 1.807) is 16.5 Å². The Balaban J connectivity index is 2.22. The van der Waals surface area contributed by atoms with Gasteiger partial charge in [0.25, 0.3) is 0 Å². The Labute approximate surface area is 112 Å². The van der Waals surface area contributed by atoms with Gasteiger partial charge in [-0.2, -0.15) is 0 Å². The highest BCUT2D eigenvalue weighted by Gasteiger charge is 2.13. The molecule has 5 nitrogen and oxygen atoms in total. The number of hydrogen-bond donors (Lipinski definition) is 0. The van der Waals surface area contributed by atoms with Gasteiger partial charge in [-0.1, -0.05) is 0 Å². The largest absolute Gasteiger partial charge is 0.494 e. The maximum Gasteiger partial charge on any atom is 0.210 e. The van der Waals surface area contributed by atoms with Gasteiger partial charge in [-0.15, -0.1) is 10.2 Å². The third kappa shape index (κ3) is 1.90. The van der Waals surface area contributed by atoms with Gasteiger partial charge in [0.15, 0.2) is 23.0 Å². The molecule has 0 saturated carbocycles. The second kappa shape index (κ2) is 4.47. The lowest BCUT2D eigenvalue weighted by Gasteiger charge is -2.04. The molecule has 0 fully saturated rings. The van der Waals surface area contributed by atoms with Crippen LogP contribution in [0.15, 0.2) is 30.5 Å². The molecule has 0 radical (unpaired) electrons. The van der Waals surface area contributed by atoms with Crippen molar-refractivity contribution in [2.24, 2.45) is 0 Å². The van der Waals surface area contributed by atoms with Crippen LogP contribution >= 0.6 is 11.6 Å². The molecule has 2 heterocycles. The molecule has 19 heavy (non-hydrogen) atoms. The summed E-state index contributed by atoms with van der Waals surface area (Å²) in [6.07, 6.45) is 1.53. The number of fused-ring (bicyclic) bond motifs is 1. The Bertz CT molecular complexity index is 759. The van der Waals surface area contributed by atoms with Gasteiger partial charge in [-0.05, 0) is 29.8 Å². The van der Waals surface area contributed by atoms with E-state index in [9.17, 15) is 4.39 Å². The van der Waals surface area contributed by atoms with Crippen LogP contribution in [0, 0.1) is 5.82 Å². The fraction of sp³-hybridized carbons (Fsp3) is 0.0833. The molecular formula is C12H8ClFN4O. The third-order valence-corrected chi connectivity index (χ3v) is 2.95. The minimum atomic E-state index is -0.475. The smallest absolute Gasteiger partial charge is 0.210 e. The van der Waals surface area contributed by atoms with E-state index < -0.39 is 5.82 Å². The molecule has 3 rings (SSSR count). The molecule has 0 spiro atoms. The molecule has 96 valence electrons. The van der Waals surface area contributed by atoms with Gasteiger partial charge in [0.1, 0.15) is 0 Å². The Kier molecular flexibility index (Phi) is 2.79. The molecule has 0 unspecified atom stereocenters. The van der Waals surface area contributed by atoms with Crippen molar-refractivity contribution in [3.05, 3.63) is 41.6 Å². The van der Waals surface area contributed by atoms with E-state index in [4.69, 9.17) is 16.3 Å². The first-order chi connectivity index (χ1) is 9.20. The summed E-state index contributed by atoms with van der Waals surface area (Å²) in [5.41, 5.74) is 1.09. The van der Waals surface area contributed by atoms with Gasteiger partial charge in [0.2, 0.25) is 5.28 Å². The van der Waals surface area contributed by atoms with Crippen molar-refractivity contribution < 1.29 is 9.13 Å². The minimum Gasteiger partial charge on any atom is -0.494 e. The van der Waals surface area contributed by atoms with Crippen LogP contribution in [0.2, 0.25) is 5.28 Å². The van der Waals surface area contributed by atoms with E-state index in [-0.39, 0.29) is 11.0 Å². The van der Waals surface area contributed by atoms with Crippen LogP contribution in [0.1, 0.15) is 0 Å². The van der Waals surface area contributed by atoms with Crippen molar-refractivity contribution in [2.75, 3.05) is 7.11 Å². The van der Waals surface area contributed by atoms with Crippen LogP contribution in [-0.2, 0) is 0 Å². The SMILES string of the molecule is COc1ccc(-c2nnc3ccnc(Cl)n23)cc1F. The topological polar surface area (TPSA) is 52.3 Å². The molecule has 3 aromatic rings. The molecular weight excluding hydrogens is 271 g/mol. The summed E-state index contributed by atoms with van der Waals surface area (Å²) in [6.45, 7) is 0. The van der Waals surface area contributed by atoms with Crippen molar-refractivity contribution >= 4 is 17.2 Å². The maximum atomic E-state index is 13.7. The number of rotatable bonds is 2. The summed E-state index contributed by atoms with van der Waals surface area (Å²) in [4.78, 5) is 3.95. The number of ether oxygens (including phenoxy) is 1. The average molecular weight is 279 g/mol. The lowest BCUT2D eigenvalue weighted by atomic mass is 10.2. The zero-order valence-corrected chi connectivity index (χ0v) is 10.6. The van der Waals surface area contributed by atoms with E-state index in [1.165, 1.54) is 25.4 Å². The molecule has 0 bridgehead atoms. The summed E-state index contributed by atoms with van der Waals surface area (Å²) in [5.74, 6) is 0.119. The minimum absolute atomic E-state index is 0.168. The van der Waals surface area contributed by atoms with Crippen molar-refractivity contribution in [2.45, 2.75) is 0 Å². The molecule has 0 aliphatic rings. The number of halogens is 2. The molecule has 7 heteroatoms. The highest BCUT2D eigenvalue weighted by Crippen LogP contribution is 2.25. The van der Waals surface area contributed by atoms with E-state index in [0.717, 1.165) is 0 Å². The Hall–Kier alpha value is -2.21. The molecule has 0 amide bonds. The summed E-state index contributed by atoms with van der Waals surface area (Å²) >= 11 is 6.01. The highest BCUT2D eigenvalue weighted by atomic mass is 35.5. The van der Waals surface area contributed by atoms with E-state index in [0.29, 0.717) is 17.0 Å². The summed E-state index contributed by atoms with van der Waals surface area (Å²) < 4.78 is 20.1. The van der Waals surface area contributed by atoms with Gasteiger partial charge in [0, 0.05) is 17.8 Å². The number of hydrogen-bond acceptors (Lipinski definition) is 4. The molecule has 0 aliphatic heterocycles.